The number of tetrazole rings is 1. The predicted octanol–water partition coefficient (Wildman–Crippen LogP) is 2.19. The molecule has 0 saturated heterocycles. The van der Waals surface area contributed by atoms with E-state index in [0.29, 0.717) is 12.8 Å². The van der Waals surface area contributed by atoms with Crippen LogP contribution >= 0.6 is 11.3 Å². The number of allylic oxidation sites excluding steroid dienone is 2. The lowest BCUT2D eigenvalue weighted by atomic mass is 10.1. The van der Waals surface area contributed by atoms with Gasteiger partial charge in [0.15, 0.2) is 16.2 Å². The number of methoxy groups -OCH3 is 1. The summed E-state index contributed by atoms with van der Waals surface area (Å²) in [5.74, 6) is -0.498. The van der Waals surface area contributed by atoms with Crippen molar-refractivity contribution in [3.8, 4) is 5.75 Å². The SMILES string of the molecule is COc1ccc(S(=O)(=O)CCn2ncnn2)cc1S(=O)(=O)NC1=CCCC=C1NS(=O)(=O)c1cc2ccccc2s1. The number of aromatic nitrogens is 4. The number of thiophene rings is 1. The second-order valence-corrected chi connectivity index (χ2v) is 15.5. The van der Waals surface area contributed by atoms with Gasteiger partial charge in [-0.25, -0.2) is 25.3 Å². The Kier molecular flexibility index (Phi) is 7.87. The van der Waals surface area contributed by atoms with Crippen LogP contribution in [0.15, 0.2) is 92.4 Å². The predicted molar refractivity (Wildman–Crippen MR) is 151 cm³/mol. The van der Waals surface area contributed by atoms with Crippen molar-refractivity contribution in [2.75, 3.05) is 12.9 Å². The fourth-order valence-electron chi connectivity index (χ4n) is 4.02. The fraction of sp³-hybridized carbons (Fsp3) is 0.208. The van der Waals surface area contributed by atoms with Crippen LogP contribution in [0, 0.1) is 0 Å². The highest BCUT2D eigenvalue weighted by Crippen LogP contribution is 2.31. The van der Waals surface area contributed by atoms with Gasteiger partial charge in [-0.05, 0) is 53.8 Å². The van der Waals surface area contributed by atoms with E-state index in [1.165, 1.54) is 25.6 Å². The van der Waals surface area contributed by atoms with Crippen LogP contribution in [-0.2, 0) is 36.4 Å². The smallest absolute Gasteiger partial charge is 0.271 e. The van der Waals surface area contributed by atoms with Crippen LogP contribution < -0.4 is 14.2 Å². The molecule has 41 heavy (non-hydrogen) atoms. The van der Waals surface area contributed by atoms with Gasteiger partial charge < -0.3 is 4.74 Å². The molecular formula is C24H24N6O7S4. The minimum Gasteiger partial charge on any atom is -0.495 e. The minimum absolute atomic E-state index is 0.00788. The van der Waals surface area contributed by atoms with E-state index in [9.17, 15) is 25.3 Å². The van der Waals surface area contributed by atoms with E-state index in [1.807, 2.05) is 12.1 Å². The Labute approximate surface area is 240 Å². The zero-order valence-corrected chi connectivity index (χ0v) is 24.7. The van der Waals surface area contributed by atoms with E-state index in [-0.39, 0.29) is 32.8 Å². The Morgan fingerprint density at radius 3 is 2.29 bits per heavy atom. The zero-order chi connectivity index (χ0) is 29.3. The third kappa shape index (κ3) is 6.27. The molecule has 0 spiro atoms. The summed E-state index contributed by atoms with van der Waals surface area (Å²) in [6.07, 6.45) is 5.24. The van der Waals surface area contributed by atoms with Gasteiger partial charge in [0, 0.05) is 4.70 Å². The number of sulfone groups is 1. The molecule has 2 N–H and O–H groups in total. The third-order valence-corrected chi connectivity index (χ3v) is 12.1. The van der Waals surface area contributed by atoms with Gasteiger partial charge in [0.25, 0.3) is 20.0 Å². The summed E-state index contributed by atoms with van der Waals surface area (Å²) in [6.45, 7) is -0.0876. The van der Waals surface area contributed by atoms with E-state index in [4.69, 9.17) is 4.74 Å². The van der Waals surface area contributed by atoms with Crippen molar-refractivity contribution in [3.05, 3.63) is 78.4 Å². The van der Waals surface area contributed by atoms with Crippen LogP contribution in [0.5, 0.6) is 5.75 Å². The molecule has 4 aromatic rings. The van der Waals surface area contributed by atoms with Crippen LogP contribution in [0.25, 0.3) is 10.1 Å². The Balaban J connectivity index is 1.40. The summed E-state index contributed by atoms with van der Waals surface area (Å²) < 4.78 is 90.4. The maximum atomic E-state index is 13.5. The number of fused-ring (bicyclic) bond motifs is 1. The topological polar surface area (TPSA) is 179 Å². The van der Waals surface area contributed by atoms with E-state index in [2.05, 4.69) is 24.9 Å². The summed E-state index contributed by atoms with van der Waals surface area (Å²) in [6, 6.07) is 12.3. The lowest BCUT2D eigenvalue weighted by Crippen LogP contribution is -2.32. The van der Waals surface area contributed by atoms with Gasteiger partial charge >= 0.3 is 0 Å². The Hall–Kier alpha value is -3.80. The highest BCUT2D eigenvalue weighted by molar-refractivity contribution is 7.92. The normalized spacial score (nSPS) is 14.4. The number of nitrogens with zero attached hydrogens (tertiary/aromatic N) is 4. The monoisotopic (exact) mass is 636 g/mol. The molecule has 0 radical (unpaired) electrons. The van der Waals surface area contributed by atoms with Crippen molar-refractivity contribution >= 4 is 51.3 Å². The molecule has 0 fully saturated rings. The lowest BCUT2D eigenvalue weighted by molar-refractivity contribution is 0.402. The molecule has 2 heterocycles. The quantitative estimate of drug-likeness (QED) is 0.248. The molecule has 2 aromatic carbocycles. The Morgan fingerprint density at radius 1 is 0.927 bits per heavy atom. The van der Waals surface area contributed by atoms with Crippen molar-refractivity contribution < 1.29 is 30.0 Å². The molecule has 0 amide bonds. The zero-order valence-electron chi connectivity index (χ0n) is 21.5. The summed E-state index contributed by atoms with van der Waals surface area (Å²) >= 11 is 1.09. The summed E-state index contributed by atoms with van der Waals surface area (Å²) in [5, 5.41) is 11.7. The molecule has 0 atom stereocenters. The molecule has 17 heteroatoms. The van der Waals surface area contributed by atoms with Gasteiger partial charge in [-0.2, -0.15) is 4.80 Å². The number of rotatable bonds is 11. The van der Waals surface area contributed by atoms with Crippen molar-refractivity contribution in [3.63, 3.8) is 0 Å². The number of ether oxygens (including phenoxy) is 1. The van der Waals surface area contributed by atoms with E-state index in [0.717, 1.165) is 32.3 Å². The maximum absolute atomic E-state index is 13.5. The third-order valence-electron chi connectivity index (χ3n) is 6.05. The first-order valence-corrected chi connectivity index (χ1v) is 17.5. The number of aryl methyl sites for hydroxylation is 1. The summed E-state index contributed by atoms with van der Waals surface area (Å²) in [5.41, 5.74) is 0.0638. The van der Waals surface area contributed by atoms with E-state index < -0.39 is 40.5 Å². The molecule has 1 aliphatic rings. The first-order chi connectivity index (χ1) is 19.5. The molecule has 1 aliphatic carbocycles. The van der Waals surface area contributed by atoms with Crippen molar-refractivity contribution in [2.24, 2.45) is 0 Å². The maximum Gasteiger partial charge on any atom is 0.271 e. The van der Waals surface area contributed by atoms with Crippen LogP contribution in [0.1, 0.15) is 12.8 Å². The van der Waals surface area contributed by atoms with Gasteiger partial charge in [-0.15, -0.1) is 21.5 Å². The van der Waals surface area contributed by atoms with Crippen molar-refractivity contribution in [2.45, 2.75) is 33.4 Å². The average molecular weight is 637 g/mol. The van der Waals surface area contributed by atoms with Crippen LogP contribution in [0.4, 0.5) is 0 Å². The molecule has 0 bridgehead atoms. The molecule has 2 aromatic heterocycles. The van der Waals surface area contributed by atoms with E-state index >= 15 is 0 Å². The van der Waals surface area contributed by atoms with Gasteiger partial charge in [0.2, 0.25) is 0 Å². The molecule has 216 valence electrons. The number of sulfonamides is 2. The largest absolute Gasteiger partial charge is 0.495 e. The first-order valence-electron chi connectivity index (χ1n) is 12.0. The van der Waals surface area contributed by atoms with Crippen LogP contribution in [-0.4, -0.2) is 58.3 Å². The molecule has 0 saturated carbocycles. The van der Waals surface area contributed by atoms with Crippen LogP contribution in [0.2, 0.25) is 0 Å². The molecular weight excluding hydrogens is 613 g/mol. The van der Waals surface area contributed by atoms with Crippen LogP contribution in [0.3, 0.4) is 0 Å². The van der Waals surface area contributed by atoms with Crippen molar-refractivity contribution in [1.29, 1.82) is 0 Å². The summed E-state index contributed by atoms with van der Waals surface area (Å²) in [7, 11) is -11.2. The number of hydrogen-bond donors (Lipinski definition) is 2. The first kappa shape index (κ1) is 28.7. The second kappa shape index (κ2) is 11.2. The lowest BCUT2D eigenvalue weighted by Gasteiger charge is -2.20. The van der Waals surface area contributed by atoms with Gasteiger partial charge in [-0.3, -0.25) is 9.44 Å². The fourth-order valence-corrected chi connectivity index (χ4v) is 9.10. The highest BCUT2D eigenvalue weighted by atomic mass is 32.2. The second-order valence-electron chi connectivity index (χ2n) is 8.79. The molecule has 13 nitrogen and oxygen atoms in total. The number of hydrogen-bond acceptors (Lipinski definition) is 11. The van der Waals surface area contributed by atoms with Crippen molar-refractivity contribution in [1.82, 2.24) is 29.7 Å². The average Bonchev–Trinajstić information content (AvgIpc) is 3.63. The molecule has 0 unspecified atom stereocenters. The standard InChI is InChI=1S/C24H24N6O7S4/c1-37-21-11-10-18(39(31,32)13-12-30-26-16-25-29-30)15-23(21)40(33,34)27-19-7-3-4-8-20(19)28-41(35,36)24-14-17-6-2-5-9-22(17)38-24/h2,5-11,14-16,27-28H,3-4,12-13H2,1H3. The molecule has 0 aliphatic heterocycles. The van der Waals surface area contributed by atoms with Gasteiger partial charge in [0.05, 0.1) is 35.7 Å². The van der Waals surface area contributed by atoms with Gasteiger partial charge in [-0.1, -0.05) is 30.4 Å². The van der Waals surface area contributed by atoms with E-state index in [1.54, 1.807) is 30.4 Å². The molecule has 5 rings (SSSR count). The Bertz CT molecular complexity index is 1950. The Morgan fingerprint density at radius 2 is 1.63 bits per heavy atom. The summed E-state index contributed by atoms with van der Waals surface area (Å²) in [4.78, 5) is 0.416. The number of benzene rings is 2. The number of nitrogens with one attached hydrogen (secondary N) is 2. The minimum atomic E-state index is -4.44. The van der Waals surface area contributed by atoms with Gasteiger partial charge in [0.1, 0.15) is 14.9 Å². The highest BCUT2D eigenvalue weighted by Gasteiger charge is 2.28.